The van der Waals surface area contributed by atoms with Crippen LogP contribution in [0.2, 0.25) is 0 Å². The Morgan fingerprint density at radius 1 is 0.967 bits per heavy atom. The number of nitrogens with one attached hydrogen (secondary N) is 2. The molecular formula is C24H23N3O2S. The molecule has 1 aliphatic heterocycles. The van der Waals surface area contributed by atoms with Crippen molar-refractivity contribution in [1.29, 1.82) is 0 Å². The van der Waals surface area contributed by atoms with Crippen LogP contribution < -0.4 is 15.5 Å². The van der Waals surface area contributed by atoms with E-state index in [-0.39, 0.29) is 5.91 Å². The average Bonchev–Trinajstić information content (AvgIpc) is 3.22. The molecule has 6 heteroatoms. The number of urea groups is 1. The van der Waals surface area contributed by atoms with E-state index in [9.17, 15) is 9.59 Å². The molecule has 3 amide bonds. The standard InChI is InChI=1S/C24H23N3O2S/c1-30-20-12-7-11-19(16-20)25-24(29)26-22(18-9-3-2-4-10-18)23(28)27-15-14-17-8-5-6-13-21(17)27/h2-13,16,22H,14-15H2,1H3,(H2,25,26,29)/t22-/m0/s1. The fraction of sp³-hybridized carbons (Fsp3) is 0.167. The highest BCUT2D eigenvalue weighted by molar-refractivity contribution is 7.98. The molecule has 0 saturated carbocycles. The van der Waals surface area contributed by atoms with E-state index < -0.39 is 12.1 Å². The minimum Gasteiger partial charge on any atom is -0.322 e. The summed E-state index contributed by atoms with van der Waals surface area (Å²) < 4.78 is 0. The van der Waals surface area contributed by atoms with Gasteiger partial charge in [0.05, 0.1) is 0 Å². The predicted octanol–water partition coefficient (Wildman–Crippen LogP) is 4.86. The summed E-state index contributed by atoms with van der Waals surface area (Å²) in [5, 5.41) is 5.73. The lowest BCUT2D eigenvalue weighted by Crippen LogP contribution is -2.43. The maximum Gasteiger partial charge on any atom is 0.320 e. The summed E-state index contributed by atoms with van der Waals surface area (Å²) >= 11 is 1.60. The summed E-state index contributed by atoms with van der Waals surface area (Å²) in [7, 11) is 0. The van der Waals surface area contributed by atoms with Gasteiger partial charge in [0.25, 0.3) is 5.91 Å². The molecule has 5 nitrogen and oxygen atoms in total. The molecule has 0 radical (unpaired) electrons. The number of nitrogens with zero attached hydrogens (tertiary/aromatic N) is 1. The Hall–Kier alpha value is -3.25. The third kappa shape index (κ3) is 4.33. The summed E-state index contributed by atoms with van der Waals surface area (Å²) in [6.07, 6.45) is 2.80. The molecule has 0 aromatic heterocycles. The van der Waals surface area contributed by atoms with Gasteiger partial charge < -0.3 is 15.5 Å². The number of amides is 3. The van der Waals surface area contributed by atoms with Crippen molar-refractivity contribution in [2.24, 2.45) is 0 Å². The maximum absolute atomic E-state index is 13.5. The van der Waals surface area contributed by atoms with E-state index in [4.69, 9.17) is 0 Å². The second-order valence-corrected chi connectivity index (χ2v) is 7.92. The van der Waals surface area contributed by atoms with E-state index in [0.717, 1.165) is 28.1 Å². The first-order valence-corrected chi connectivity index (χ1v) is 11.0. The normalized spacial score (nSPS) is 13.4. The lowest BCUT2D eigenvalue weighted by molar-refractivity contribution is -0.120. The van der Waals surface area contributed by atoms with Gasteiger partial charge in [0.15, 0.2) is 0 Å². The molecule has 3 aromatic carbocycles. The van der Waals surface area contributed by atoms with Crippen molar-refractivity contribution in [2.75, 3.05) is 23.0 Å². The van der Waals surface area contributed by atoms with Crippen LogP contribution >= 0.6 is 11.8 Å². The van der Waals surface area contributed by atoms with E-state index in [2.05, 4.69) is 10.6 Å². The number of para-hydroxylation sites is 1. The minimum atomic E-state index is -0.777. The third-order valence-electron chi connectivity index (χ3n) is 5.14. The SMILES string of the molecule is CSc1cccc(NC(=O)N[C@H](C(=O)N2CCc3ccccc32)c2ccccc2)c1. The Morgan fingerprint density at radius 2 is 1.73 bits per heavy atom. The number of rotatable bonds is 5. The van der Waals surface area contributed by atoms with Crippen molar-refractivity contribution >= 4 is 35.1 Å². The second-order valence-electron chi connectivity index (χ2n) is 7.04. The smallest absolute Gasteiger partial charge is 0.320 e. The van der Waals surface area contributed by atoms with Crippen LogP contribution in [-0.4, -0.2) is 24.7 Å². The minimum absolute atomic E-state index is 0.140. The van der Waals surface area contributed by atoms with Crippen molar-refractivity contribution in [2.45, 2.75) is 17.4 Å². The molecule has 2 N–H and O–H groups in total. The van der Waals surface area contributed by atoms with Crippen molar-refractivity contribution in [3.63, 3.8) is 0 Å². The molecule has 1 aliphatic rings. The third-order valence-corrected chi connectivity index (χ3v) is 5.86. The molecule has 1 heterocycles. The number of hydrogen-bond acceptors (Lipinski definition) is 3. The first-order valence-electron chi connectivity index (χ1n) is 9.81. The average molecular weight is 418 g/mol. The molecule has 0 saturated heterocycles. The van der Waals surface area contributed by atoms with Gasteiger partial charge in [-0.2, -0.15) is 0 Å². The van der Waals surface area contributed by atoms with Crippen LogP contribution in [0.25, 0.3) is 0 Å². The number of anilines is 2. The number of carbonyl (C=O) groups excluding carboxylic acids is 2. The Balaban J connectivity index is 1.56. The molecule has 0 spiro atoms. The highest BCUT2D eigenvalue weighted by Crippen LogP contribution is 2.30. The van der Waals surface area contributed by atoms with E-state index in [0.29, 0.717) is 12.2 Å². The van der Waals surface area contributed by atoms with Crippen LogP contribution in [0.4, 0.5) is 16.2 Å². The van der Waals surface area contributed by atoms with E-state index in [1.807, 2.05) is 85.1 Å². The Morgan fingerprint density at radius 3 is 2.53 bits per heavy atom. The number of benzene rings is 3. The summed E-state index contributed by atoms with van der Waals surface area (Å²) in [5.41, 5.74) is 3.50. The predicted molar refractivity (Wildman–Crippen MR) is 122 cm³/mol. The van der Waals surface area contributed by atoms with Crippen LogP contribution in [0.5, 0.6) is 0 Å². The van der Waals surface area contributed by atoms with Crippen LogP contribution in [0.1, 0.15) is 17.2 Å². The highest BCUT2D eigenvalue weighted by atomic mass is 32.2. The zero-order valence-corrected chi connectivity index (χ0v) is 17.5. The van der Waals surface area contributed by atoms with Crippen LogP contribution in [0.15, 0.2) is 83.8 Å². The fourth-order valence-corrected chi connectivity index (χ4v) is 4.11. The van der Waals surface area contributed by atoms with Crippen molar-refractivity contribution in [3.05, 3.63) is 90.0 Å². The van der Waals surface area contributed by atoms with Crippen molar-refractivity contribution < 1.29 is 9.59 Å². The molecule has 0 aliphatic carbocycles. The van der Waals surface area contributed by atoms with Gasteiger partial charge in [-0.05, 0) is 48.1 Å². The van der Waals surface area contributed by atoms with Gasteiger partial charge in [-0.25, -0.2) is 4.79 Å². The zero-order chi connectivity index (χ0) is 20.9. The topological polar surface area (TPSA) is 61.4 Å². The van der Waals surface area contributed by atoms with Crippen molar-refractivity contribution in [3.8, 4) is 0 Å². The van der Waals surface area contributed by atoms with Crippen LogP contribution in [-0.2, 0) is 11.2 Å². The molecule has 0 fully saturated rings. The quantitative estimate of drug-likeness (QED) is 0.583. The summed E-state index contributed by atoms with van der Waals surface area (Å²) in [5.74, 6) is -0.140. The highest BCUT2D eigenvalue weighted by Gasteiger charge is 2.32. The molecule has 0 unspecified atom stereocenters. The van der Waals surface area contributed by atoms with Crippen LogP contribution in [0, 0.1) is 0 Å². The van der Waals surface area contributed by atoms with Gasteiger partial charge in [0.2, 0.25) is 0 Å². The number of hydrogen-bond donors (Lipinski definition) is 2. The number of fused-ring (bicyclic) bond motifs is 1. The molecular weight excluding hydrogens is 394 g/mol. The van der Waals surface area contributed by atoms with Gasteiger partial charge in [-0.1, -0.05) is 54.6 Å². The molecule has 0 bridgehead atoms. The first kappa shape index (κ1) is 20.0. The zero-order valence-electron chi connectivity index (χ0n) is 16.7. The first-order chi connectivity index (χ1) is 14.7. The Labute approximate surface area is 180 Å². The molecule has 1 atom stereocenters. The van der Waals surface area contributed by atoms with Gasteiger partial charge in [0.1, 0.15) is 6.04 Å². The van der Waals surface area contributed by atoms with Gasteiger partial charge in [0, 0.05) is 22.8 Å². The van der Waals surface area contributed by atoms with E-state index in [1.54, 1.807) is 16.7 Å². The molecule has 4 rings (SSSR count). The number of carbonyl (C=O) groups is 2. The summed E-state index contributed by atoms with van der Waals surface area (Å²) in [6.45, 7) is 0.612. The fourth-order valence-electron chi connectivity index (χ4n) is 3.66. The second kappa shape index (κ2) is 9.05. The van der Waals surface area contributed by atoms with Crippen LogP contribution in [0.3, 0.4) is 0 Å². The van der Waals surface area contributed by atoms with E-state index in [1.165, 1.54) is 0 Å². The lowest BCUT2D eigenvalue weighted by atomic mass is 10.1. The Bertz CT molecular complexity index is 1060. The van der Waals surface area contributed by atoms with E-state index >= 15 is 0 Å². The summed E-state index contributed by atoms with van der Waals surface area (Å²) in [6, 6.07) is 23.7. The maximum atomic E-state index is 13.5. The molecule has 30 heavy (non-hydrogen) atoms. The van der Waals surface area contributed by atoms with Gasteiger partial charge in [-0.15, -0.1) is 11.8 Å². The Kier molecular flexibility index (Phi) is 6.05. The number of thioether (sulfide) groups is 1. The monoisotopic (exact) mass is 417 g/mol. The van der Waals surface area contributed by atoms with Gasteiger partial charge >= 0.3 is 6.03 Å². The largest absolute Gasteiger partial charge is 0.322 e. The van der Waals surface area contributed by atoms with Gasteiger partial charge in [-0.3, -0.25) is 4.79 Å². The lowest BCUT2D eigenvalue weighted by Gasteiger charge is -2.25. The van der Waals surface area contributed by atoms with Crippen molar-refractivity contribution in [1.82, 2.24) is 5.32 Å². The molecule has 3 aromatic rings. The summed E-state index contributed by atoms with van der Waals surface area (Å²) in [4.78, 5) is 29.1. The molecule has 152 valence electrons.